The summed E-state index contributed by atoms with van der Waals surface area (Å²) in [6.45, 7) is 2.51. The van der Waals surface area contributed by atoms with Gasteiger partial charge in [-0.3, -0.25) is 5.41 Å². The van der Waals surface area contributed by atoms with Crippen LogP contribution in [0.1, 0.15) is 49.7 Å². The summed E-state index contributed by atoms with van der Waals surface area (Å²) in [6, 6.07) is 6.49. The molecule has 0 saturated heterocycles. The van der Waals surface area contributed by atoms with Gasteiger partial charge in [0.05, 0.1) is 19.4 Å². The van der Waals surface area contributed by atoms with Gasteiger partial charge in [-0.05, 0) is 49.2 Å². The summed E-state index contributed by atoms with van der Waals surface area (Å²) in [5.41, 5.74) is 8.41. The zero-order chi connectivity index (χ0) is 18.7. The summed E-state index contributed by atoms with van der Waals surface area (Å²) in [6.07, 6.45) is 4.54. The normalized spacial score (nSPS) is 23.0. The molecule has 2 aliphatic rings. The van der Waals surface area contributed by atoms with E-state index in [1.807, 2.05) is 13.0 Å². The fourth-order valence-electron chi connectivity index (χ4n) is 3.89. The number of thioether (sulfide) groups is 1. The van der Waals surface area contributed by atoms with Crippen LogP contribution in [-0.2, 0) is 0 Å². The molecule has 0 spiro atoms. The molecule has 7 heteroatoms. The van der Waals surface area contributed by atoms with E-state index in [0.29, 0.717) is 23.2 Å². The Morgan fingerprint density at radius 1 is 1.38 bits per heavy atom. The number of nitriles is 1. The summed E-state index contributed by atoms with van der Waals surface area (Å²) in [5, 5.41) is 20.7. The molecule has 1 saturated carbocycles. The summed E-state index contributed by atoms with van der Waals surface area (Å²) in [4.78, 5) is 0.411. The van der Waals surface area contributed by atoms with Crippen molar-refractivity contribution in [3.05, 3.63) is 28.2 Å². The molecule has 4 N–H and O–H groups in total. The topological polar surface area (TPSA) is 104 Å². The highest BCUT2D eigenvalue weighted by Crippen LogP contribution is 2.46. The third-order valence-corrected chi connectivity index (χ3v) is 5.66. The third-order valence-electron chi connectivity index (χ3n) is 4.94. The molecule has 1 aromatic rings. The lowest BCUT2D eigenvalue weighted by atomic mass is 9.75. The van der Waals surface area contributed by atoms with Crippen LogP contribution in [0.2, 0.25) is 0 Å². The van der Waals surface area contributed by atoms with E-state index >= 15 is 0 Å². The maximum atomic E-state index is 9.64. The highest BCUT2D eigenvalue weighted by atomic mass is 32.2. The number of ether oxygens (including phenoxy) is 2. The average molecular weight is 372 g/mol. The van der Waals surface area contributed by atoms with Crippen LogP contribution in [0.4, 0.5) is 0 Å². The number of nitrogens with one attached hydrogen (secondary N) is 2. The molecule has 0 radical (unpaired) electrons. The number of hydrogen-bond acceptors (Lipinski definition) is 6. The molecule has 1 aromatic carbocycles. The van der Waals surface area contributed by atoms with Gasteiger partial charge in [-0.2, -0.15) is 5.26 Å². The van der Waals surface area contributed by atoms with Gasteiger partial charge in [-0.25, -0.2) is 0 Å². The highest BCUT2D eigenvalue weighted by molar-refractivity contribution is 8.17. The minimum atomic E-state index is -0.0962. The molecule has 1 heterocycles. The molecule has 2 unspecified atom stereocenters. The maximum absolute atomic E-state index is 9.64. The predicted molar refractivity (Wildman–Crippen MR) is 104 cm³/mol. The van der Waals surface area contributed by atoms with Crippen LogP contribution in [0.25, 0.3) is 5.70 Å². The second-order valence-corrected chi connectivity index (χ2v) is 7.50. The Bertz CT molecular complexity index is 784. The lowest BCUT2D eigenvalue weighted by molar-refractivity contribution is 0.306. The second kappa shape index (κ2) is 7.92. The van der Waals surface area contributed by atoms with Crippen LogP contribution >= 0.6 is 11.8 Å². The Labute approximate surface area is 158 Å². The first-order chi connectivity index (χ1) is 12.6. The fraction of sp³-hybridized carbons (Fsp3) is 0.474. The molecule has 26 heavy (non-hydrogen) atoms. The van der Waals surface area contributed by atoms with Gasteiger partial charge in [-0.15, -0.1) is 0 Å². The van der Waals surface area contributed by atoms with E-state index in [1.165, 1.54) is 18.4 Å². The summed E-state index contributed by atoms with van der Waals surface area (Å²) in [7, 11) is 1.61. The van der Waals surface area contributed by atoms with E-state index in [1.54, 1.807) is 7.11 Å². The minimum Gasteiger partial charge on any atom is -0.493 e. The van der Waals surface area contributed by atoms with Crippen LogP contribution in [-0.4, -0.2) is 24.9 Å². The summed E-state index contributed by atoms with van der Waals surface area (Å²) < 4.78 is 11.3. The van der Waals surface area contributed by atoms with Gasteiger partial charge in [0, 0.05) is 17.5 Å². The van der Waals surface area contributed by atoms with Crippen molar-refractivity contribution in [2.75, 3.05) is 13.7 Å². The largest absolute Gasteiger partial charge is 0.493 e. The van der Waals surface area contributed by atoms with Gasteiger partial charge in [0.2, 0.25) is 0 Å². The van der Waals surface area contributed by atoms with E-state index < -0.39 is 0 Å². The Kier molecular flexibility index (Phi) is 5.62. The molecule has 1 fully saturated rings. The van der Waals surface area contributed by atoms with Gasteiger partial charge in [0.1, 0.15) is 11.0 Å². The number of nitrogens with zero attached hydrogens (tertiary/aromatic N) is 1. The molecule has 0 amide bonds. The van der Waals surface area contributed by atoms with Crippen LogP contribution < -0.4 is 20.5 Å². The highest BCUT2D eigenvalue weighted by Gasteiger charge is 2.36. The molecule has 1 aliphatic heterocycles. The second-order valence-electron chi connectivity index (χ2n) is 6.45. The van der Waals surface area contributed by atoms with Gasteiger partial charge >= 0.3 is 0 Å². The van der Waals surface area contributed by atoms with E-state index in [9.17, 15) is 5.26 Å². The van der Waals surface area contributed by atoms with Crippen molar-refractivity contribution in [2.24, 2.45) is 5.73 Å². The molecule has 1 aliphatic carbocycles. The van der Waals surface area contributed by atoms with E-state index in [0.717, 1.165) is 41.6 Å². The van der Waals surface area contributed by atoms with Crippen LogP contribution in [0.15, 0.2) is 17.0 Å². The first kappa shape index (κ1) is 18.5. The number of fused-ring (bicyclic) bond motifs is 3. The smallest absolute Gasteiger partial charge is 0.161 e. The van der Waals surface area contributed by atoms with Crippen molar-refractivity contribution < 1.29 is 9.47 Å². The van der Waals surface area contributed by atoms with Crippen molar-refractivity contribution in [2.45, 2.75) is 44.6 Å². The lowest BCUT2D eigenvalue weighted by Gasteiger charge is -2.40. The number of hydrogen-bond donors (Lipinski definition) is 3. The maximum Gasteiger partial charge on any atom is 0.161 e. The Hall–Kier alpha value is -2.33. The zero-order valence-corrected chi connectivity index (χ0v) is 15.9. The van der Waals surface area contributed by atoms with Crippen molar-refractivity contribution in [3.63, 3.8) is 0 Å². The number of methoxy groups -OCH3 is 1. The van der Waals surface area contributed by atoms with Gasteiger partial charge in [0.15, 0.2) is 16.7 Å². The number of rotatable bonds is 4. The molecule has 0 aromatic heterocycles. The van der Waals surface area contributed by atoms with E-state index in [-0.39, 0.29) is 11.2 Å². The molecule has 6 nitrogen and oxygen atoms in total. The number of amidine groups is 1. The Balaban J connectivity index is 2.20. The lowest BCUT2D eigenvalue weighted by Crippen LogP contribution is -2.41. The SMILES string of the molecule is CCOc1cc2c(cc1OC)C(=C(C#N)SC(=N)N)NC1CCCCC21. The van der Waals surface area contributed by atoms with E-state index in [2.05, 4.69) is 17.5 Å². The molecule has 138 valence electrons. The van der Waals surface area contributed by atoms with Crippen LogP contribution in [0.5, 0.6) is 11.5 Å². The third kappa shape index (κ3) is 3.47. The molecule has 2 atom stereocenters. The van der Waals surface area contributed by atoms with Crippen molar-refractivity contribution in [1.82, 2.24) is 5.32 Å². The first-order valence-electron chi connectivity index (χ1n) is 8.86. The molecular formula is C19H24N4O2S. The number of nitrogens with two attached hydrogens (primary N) is 1. The summed E-state index contributed by atoms with van der Waals surface area (Å²) in [5.74, 6) is 1.76. The predicted octanol–water partition coefficient (Wildman–Crippen LogP) is 3.54. The first-order valence-corrected chi connectivity index (χ1v) is 9.68. The number of benzene rings is 1. The standard InChI is InChI=1S/C19H24N4O2S/c1-3-25-16-8-12-11-6-4-5-7-14(11)23-18(13(12)9-15(16)24-2)17(10-20)26-19(21)22/h8-9,11,14,23H,3-7H2,1-2H3,(H3,21,22). The monoisotopic (exact) mass is 372 g/mol. The minimum absolute atomic E-state index is 0.0962. The van der Waals surface area contributed by atoms with Crippen molar-refractivity contribution >= 4 is 22.6 Å². The van der Waals surface area contributed by atoms with Gasteiger partial charge < -0.3 is 20.5 Å². The van der Waals surface area contributed by atoms with E-state index in [4.69, 9.17) is 20.6 Å². The van der Waals surface area contributed by atoms with Gasteiger partial charge in [-0.1, -0.05) is 12.8 Å². The molecular weight excluding hydrogens is 348 g/mol. The molecule has 0 bridgehead atoms. The quantitative estimate of drug-likeness (QED) is 0.424. The zero-order valence-electron chi connectivity index (χ0n) is 15.1. The summed E-state index contributed by atoms with van der Waals surface area (Å²) >= 11 is 0.982. The Morgan fingerprint density at radius 3 is 2.81 bits per heavy atom. The fourth-order valence-corrected chi connectivity index (χ4v) is 4.43. The van der Waals surface area contributed by atoms with Gasteiger partial charge in [0.25, 0.3) is 0 Å². The van der Waals surface area contributed by atoms with Crippen molar-refractivity contribution in [1.29, 1.82) is 10.7 Å². The molecule has 3 rings (SSSR count). The van der Waals surface area contributed by atoms with Crippen molar-refractivity contribution in [3.8, 4) is 17.6 Å². The average Bonchev–Trinajstić information content (AvgIpc) is 2.65. The van der Waals surface area contributed by atoms with Crippen LogP contribution in [0, 0.1) is 16.7 Å². The van der Waals surface area contributed by atoms with Crippen LogP contribution in [0.3, 0.4) is 0 Å². The number of allylic oxidation sites excluding steroid dienone is 1. The Morgan fingerprint density at radius 2 is 2.15 bits per heavy atom.